The fraction of sp³-hybridized carbons (Fsp3) is 0.703. The van der Waals surface area contributed by atoms with Crippen LogP contribution in [0.2, 0.25) is 0 Å². The van der Waals surface area contributed by atoms with Gasteiger partial charge in [-0.3, -0.25) is 24.0 Å². The Bertz CT molecular complexity index is 1260. The van der Waals surface area contributed by atoms with Gasteiger partial charge in [-0.15, -0.1) is 0 Å². The molecule has 2 fully saturated rings. The first kappa shape index (κ1) is 39.9. The number of esters is 5. The van der Waals surface area contributed by atoms with Gasteiger partial charge >= 0.3 is 29.8 Å². The van der Waals surface area contributed by atoms with Crippen molar-refractivity contribution in [3.05, 3.63) is 35.4 Å². The van der Waals surface area contributed by atoms with Crippen molar-refractivity contribution < 1.29 is 57.1 Å². The molecule has 2 aliphatic rings. The molecule has 1 aromatic rings. The van der Waals surface area contributed by atoms with E-state index in [1.165, 1.54) is 40.2 Å². The SMILES string of the molecule is CC[C@H]1O[C@H](CCCc2ccc(CCC[C@H]3O[C@H](COC(C)=O)[C@@H](OC(C)=O)[C@H](OC(C)=O)[C@@H]3OC(C)=O)cc2)[C@@H](OC(C)=O)[C@@H](C)[C@@H]1C. The minimum Gasteiger partial charge on any atom is -0.463 e. The van der Waals surface area contributed by atoms with Crippen LogP contribution < -0.4 is 0 Å². The lowest BCUT2D eigenvalue weighted by Crippen LogP contribution is -2.62. The molecule has 2 aliphatic heterocycles. The Morgan fingerprint density at radius 3 is 1.41 bits per heavy atom. The van der Waals surface area contributed by atoms with Crippen molar-refractivity contribution in [1.29, 1.82) is 0 Å². The van der Waals surface area contributed by atoms with E-state index in [0.29, 0.717) is 25.2 Å². The molecule has 0 aromatic heterocycles. The van der Waals surface area contributed by atoms with Gasteiger partial charge in [0.1, 0.15) is 18.8 Å². The zero-order valence-electron chi connectivity index (χ0n) is 30.1. The van der Waals surface area contributed by atoms with Crippen LogP contribution in [0.15, 0.2) is 24.3 Å². The molecule has 12 nitrogen and oxygen atoms in total. The van der Waals surface area contributed by atoms with E-state index in [0.717, 1.165) is 31.2 Å². The first-order valence-electron chi connectivity index (χ1n) is 17.4. The summed E-state index contributed by atoms with van der Waals surface area (Å²) < 4.78 is 40.1. The maximum absolute atomic E-state index is 12.1. The van der Waals surface area contributed by atoms with Crippen molar-refractivity contribution in [2.45, 2.75) is 149 Å². The van der Waals surface area contributed by atoms with Crippen LogP contribution in [-0.4, -0.2) is 85.3 Å². The van der Waals surface area contributed by atoms with E-state index >= 15 is 0 Å². The molecule has 0 amide bonds. The summed E-state index contributed by atoms with van der Waals surface area (Å²) in [5.41, 5.74) is 2.30. The highest BCUT2D eigenvalue weighted by Crippen LogP contribution is 2.36. The number of aryl methyl sites for hydroxylation is 2. The molecule has 0 aliphatic carbocycles. The van der Waals surface area contributed by atoms with E-state index in [2.05, 4.69) is 45.0 Å². The van der Waals surface area contributed by atoms with Gasteiger partial charge in [-0.2, -0.15) is 0 Å². The summed E-state index contributed by atoms with van der Waals surface area (Å²) in [5.74, 6) is -2.24. The molecular formula is C37H54O12. The number of benzene rings is 1. The Labute approximate surface area is 289 Å². The molecule has 12 heteroatoms. The zero-order chi connectivity index (χ0) is 36.2. The van der Waals surface area contributed by atoms with Crippen LogP contribution in [0.1, 0.15) is 98.6 Å². The van der Waals surface area contributed by atoms with Crippen molar-refractivity contribution in [1.82, 2.24) is 0 Å². The topological polar surface area (TPSA) is 150 Å². The van der Waals surface area contributed by atoms with Gasteiger partial charge in [-0.25, -0.2) is 0 Å². The Kier molecular flexibility index (Phi) is 15.5. The summed E-state index contributed by atoms with van der Waals surface area (Å²) in [6.07, 6.45) is -0.0539. The predicted molar refractivity (Wildman–Crippen MR) is 177 cm³/mol. The smallest absolute Gasteiger partial charge is 0.303 e. The Morgan fingerprint density at radius 2 is 0.959 bits per heavy atom. The third-order valence-electron chi connectivity index (χ3n) is 9.37. The number of carbonyl (C=O) groups is 5. The summed E-state index contributed by atoms with van der Waals surface area (Å²) >= 11 is 0. The first-order chi connectivity index (χ1) is 23.2. The molecular weight excluding hydrogens is 636 g/mol. The van der Waals surface area contributed by atoms with Gasteiger partial charge < -0.3 is 33.2 Å². The lowest BCUT2D eigenvalue weighted by molar-refractivity contribution is -0.253. The molecule has 0 N–H and O–H groups in total. The number of carbonyl (C=O) groups excluding carboxylic acids is 5. The third kappa shape index (κ3) is 12.1. The van der Waals surface area contributed by atoms with E-state index in [9.17, 15) is 24.0 Å². The van der Waals surface area contributed by atoms with Gasteiger partial charge in [-0.05, 0) is 62.0 Å². The van der Waals surface area contributed by atoms with Crippen molar-refractivity contribution in [3.63, 3.8) is 0 Å². The Balaban J connectivity index is 1.63. The standard InChI is InChI=1S/C37H54O12/c1-9-30-21(2)22(3)34(44-24(5)39)31(48-30)14-10-12-28-16-18-29(19-17-28)13-11-15-32-35(45-25(6)40)37(47-27(8)42)36(46-26(7)41)33(49-32)20-43-23(4)38/h16-19,21-22,30-37H,9-15,20H2,1-8H3/t21-,22-,30+,31+,32+,33+,34-,35+,36+,37+/m0/s1. The normalized spacial score (nSPS) is 29.7. The largest absolute Gasteiger partial charge is 0.463 e. The molecule has 0 bridgehead atoms. The predicted octanol–water partition coefficient (Wildman–Crippen LogP) is 4.84. The summed E-state index contributed by atoms with van der Waals surface area (Å²) in [5, 5.41) is 0. The zero-order valence-corrected chi connectivity index (χ0v) is 30.1. The minimum atomic E-state index is -1.16. The average Bonchev–Trinajstić information content (AvgIpc) is 3.02. The van der Waals surface area contributed by atoms with Gasteiger partial charge in [0.2, 0.25) is 0 Å². The van der Waals surface area contributed by atoms with E-state index in [-0.39, 0.29) is 36.8 Å². The second-order valence-electron chi connectivity index (χ2n) is 13.3. The van der Waals surface area contributed by atoms with Crippen LogP contribution in [0.5, 0.6) is 0 Å². The molecule has 0 saturated carbocycles. The highest BCUT2D eigenvalue weighted by molar-refractivity contribution is 5.69. The molecule has 1 aromatic carbocycles. The Hall–Kier alpha value is -3.51. The monoisotopic (exact) mass is 690 g/mol. The van der Waals surface area contributed by atoms with E-state index in [1.54, 1.807) is 0 Å². The van der Waals surface area contributed by atoms with Crippen LogP contribution >= 0.6 is 0 Å². The van der Waals surface area contributed by atoms with Crippen LogP contribution in [0, 0.1) is 11.8 Å². The molecule has 2 heterocycles. The fourth-order valence-corrected chi connectivity index (χ4v) is 6.92. The fourth-order valence-electron chi connectivity index (χ4n) is 6.92. The van der Waals surface area contributed by atoms with Gasteiger partial charge in [0.05, 0.1) is 18.3 Å². The van der Waals surface area contributed by atoms with Crippen molar-refractivity contribution >= 4 is 29.8 Å². The second kappa shape index (κ2) is 19.0. The minimum absolute atomic E-state index is 0.129. The van der Waals surface area contributed by atoms with Crippen molar-refractivity contribution in [2.24, 2.45) is 11.8 Å². The van der Waals surface area contributed by atoms with Crippen LogP contribution in [0.3, 0.4) is 0 Å². The average molecular weight is 691 g/mol. The van der Waals surface area contributed by atoms with Crippen molar-refractivity contribution in [3.8, 4) is 0 Å². The summed E-state index contributed by atoms with van der Waals surface area (Å²) in [6, 6.07) is 8.37. The third-order valence-corrected chi connectivity index (χ3v) is 9.37. The highest BCUT2D eigenvalue weighted by atomic mass is 16.7. The number of ether oxygens (including phenoxy) is 7. The quantitative estimate of drug-likeness (QED) is 0.183. The number of hydrogen-bond donors (Lipinski definition) is 0. The number of hydrogen-bond acceptors (Lipinski definition) is 12. The van der Waals surface area contributed by atoms with Gasteiger partial charge in [-0.1, -0.05) is 45.0 Å². The number of rotatable bonds is 15. The molecule has 49 heavy (non-hydrogen) atoms. The van der Waals surface area contributed by atoms with E-state index in [1.807, 2.05) is 0 Å². The van der Waals surface area contributed by atoms with Crippen LogP contribution in [0.25, 0.3) is 0 Å². The molecule has 2 saturated heterocycles. The maximum atomic E-state index is 12.1. The lowest BCUT2D eigenvalue weighted by Gasteiger charge is -2.44. The van der Waals surface area contributed by atoms with Gasteiger partial charge in [0, 0.05) is 40.5 Å². The maximum Gasteiger partial charge on any atom is 0.303 e. The van der Waals surface area contributed by atoms with E-state index in [4.69, 9.17) is 33.2 Å². The molecule has 274 valence electrons. The molecule has 0 unspecified atom stereocenters. The lowest BCUT2D eigenvalue weighted by atomic mass is 9.79. The Morgan fingerprint density at radius 1 is 0.551 bits per heavy atom. The van der Waals surface area contributed by atoms with Crippen molar-refractivity contribution in [2.75, 3.05) is 6.61 Å². The highest BCUT2D eigenvalue weighted by Gasteiger charge is 2.51. The van der Waals surface area contributed by atoms with E-state index < -0.39 is 54.4 Å². The molecule has 10 atom stereocenters. The van der Waals surface area contributed by atoms with Crippen LogP contribution in [0.4, 0.5) is 0 Å². The van der Waals surface area contributed by atoms with Gasteiger partial charge in [0.25, 0.3) is 0 Å². The molecule has 0 spiro atoms. The summed E-state index contributed by atoms with van der Waals surface area (Å²) in [4.78, 5) is 59.5. The second-order valence-corrected chi connectivity index (χ2v) is 13.3. The van der Waals surface area contributed by atoms with Crippen LogP contribution in [-0.2, 0) is 70.0 Å². The first-order valence-corrected chi connectivity index (χ1v) is 17.4. The summed E-state index contributed by atoms with van der Waals surface area (Å²) in [6.45, 7) is 12.5. The molecule has 3 rings (SSSR count). The van der Waals surface area contributed by atoms with Gasteiger partial charge in [0.15, 0.2) is 18.3 Å². The molecule has 0 radical (unpaired) electrons. The summed E-state index contributed by atoms with van der Waals surface area (Å²) in [7, 11) is 0.